The molecule has 0 rings (SSSR count). The summed E-state index contributed by atoms with van der Waals surface area (Å²) in [5.74, 6) is 0. The summed E-state index contributed by atoms with van der Waals surface area (Å²) in [5.41, 5.74) is -0.723. The first kappa shape index (κ1) is 27.5. The van der Waals surface area contributed by atoms with Gasteiger partial charge in [-0.2, -0.15) is 0 Å². The van der Waals surface area contributed by atoms with Crippen molar-refractivity contribution in [2.24, 2.45) is 0 Å². The van der Waals surface area contributed by atoms with Crippen molar-refractivity contribution in [2.75, 3.05) is 19.8 Å². The first-order valence-corrected chi connectivity index (χ1v) is 12.8. The van der Waals surface area contributed by atoms with Crippen LogP contribution in [0.1, 0.15) is 62.3 Å². The molecule has 0 saturated carbocycles. The molecule has 0 bridgehead atoms. The van der Waals surface area contributed by atoms with Gasteiger partial charge in [0, 0.05) is 5.57 Å². The molecular weight excluding hydrogens is 392 g/mol. The van der Waals surface area contributed by atoms with Gasteiger partial charge < -0.3 is 23.4 Å². The van der Waals surface area contributed by atoms with Crippen molar-refractivity contribution < 1.29 is 33.0 Å². The molecule has 0 heterocycles. The lowest BCUT2D eigenvalue weighted by Gasteiger charge is -2.35. The molecule has 0 aromatic rings. The van der Waals surface area contributed by atoms with E-state index >= 15 is 0 Å². The highest BCUT2D eigenvalue weighted by molar-refractivity contribution is 6.74. The Morgan fingerprint density at radius 2 is 1.14 bits per heavy atom. The topological polar surface area (TPSA) is 80.3 Å². The van der Waals surface area contributed by atoms with Crippen LogP contribution >= 0.6 is 0 Å². The lowest BCUT2D eigenvalue weighted by molar-refractivity contribution is -0.00984. The Balaban J connectivity index is 4.99. The summed E-state index contributed by atoms with van der Waals surface area (Å²) in [6.07, 6.45) is 0.201. The molecule has 0 N–H and O–H groups in total. The van der Waals surface area contributed by atoms with E-state index in [9.17, 15) is 9.59 Å². The predicted octanol–water partition coefficient (Wildman–Crippen LogP) is 5.84. The van der Waals surface area contributed by atoms with Gasteiger partial charge in [0.25, 0.3) is 0 Å². The molecule has 0 atom stereocenters. The highest BCUT2D eigenvalue weighted by atomic mass is 28.4. The van der Waals surface area contributed by atoms with E-state index in [-0.39, 0.29) is 18.3 Å². The number of hydrogen-bond acceptors (Lipinski definition) is 7. The van der Waals surface area contributed by atoms with E-state index < -0.39 is 31.8 Å². The smallest absolute Gasteiger partial charge is 0.430 e. The van der Waals surface area contributed by atoms with Crippen LogP contribution in [0.15, 0.2) is 11.6 Å². The van der Waals surface area contributed by atoms with Crippen molar-refractivity contribution in [2.45, 2.75) is 91.6 Å². The van der Waals surface area contributed by atoms with Crippen LogP contribution in [-0.4, -0.2) is 51.7 Å². The van der Waals surface area contributed by atoms with Crippen LogP contribution in [0.2, 0.25) is 18.1 Å². The summed E-state index contributed by atoms with van der Waals surface area (Å²) in [6, 6.07) is 0. The zero-order valence-corrected chi connectivity index (χ0v) is 21.1. The molecule has 29 heavy (non-hydrogen) atoms. The maximum atomic E-state index is 11.8. The molecule has 0 spiro atoms. The minimum absolute atomic E-state index is 0.0705. The van der Waals surface area contributed by atoms with Gasteiger partial charge in [-0.15, -0.1) is 0 Å². The fourth-order valence-electron chi connectivity index (χ4n) is 1.61. The zero-order chi connectivity index (χ0) is 23.1. The molecule has 0 aliphatic rings. The van der Waals surface area contributed by atoms with E-state index in [1.165, 1.54) is 0 Å². The summed E-state index contributed by atoms with van der Waals surface area (Å²) < 4.78 is 26.7. The Morgan fingerprint density at radius 1 is 0.759 bits per heavy atom. The van der Waals surface area contributed by atoms with Crippen LogP contribution in [0.25, 0.3) is 0 Å². The monoisotopic (exact) mass is 432 g/mol. The van der Waals surface area contributed by atoms with Gasteiger partial charge in [-0.25, -0.2) is 9.59 Å². The Hall–Kier alpha value is -1.54. The van der Waals surface area contributed by atoms with E-state index in [1.54, 1.807) is 47.6 Å². The second-order valence-corrected chi connectivity index (χ2v) is 15.2. The summed E-state index contributed by atoms with van der Waals surface area (Å²) >= 11 is 0. The molecule has 8 heteroatoms. The number of hydrogen-bond donors (Lipinski definition) is 0. The van der Waals surface area contributed by atoms with Crippen molar-refractivity contribution in [3.63, 3.8) is 0 Å². The number of carbonyl (C=O) groups is 2. The van der Waals surface area contributed by atoms with Crippen LogP contribution in [0.5, 0.6) is 0 Å². The highest BCUT2D eigenvalue weighted by Crippen LogP contribution is 2.36. The molecule has 0 aromatic carbocycles. The Labute approximate surface area is 177 Å². The van der Waals surface area contributed by atoms with Crippen LogP contribution in [0, 0.1) is 0 Å². The van der Waals surface area contributed by atoms with Crippen molar-refractivity contribution in [1.82, 2.24) is 0 Å². The van der Waals surface area contributed by atoms with Gasteiger partial charge in [-0.05, 0) is 59.7 Å². The zero-order valence-electron chi connectivity index (χ0n) is 20.1. The molecule has 0 aliphatic heterocycles. The van der Waals surface area contributed by atoms with Gasteiger partial charge in [0.1, 0.15) is 24.4 Å². The number of ether oxygens (including phenoxy) is 4. The van der Waals surface area contributed by atoms with E-state index in [2.05, 4.69) is 33.9 Å². The third kappa shape index (κ3) is 13.3. The fourth-order valence-corrected chi connectivity index (χ4v) is 2.54. The lowest BCUT2D eigenvalue weighted by atomic mass is 10.2. The van der Waals surface area contributed by atoms with Crippen molar-refractivity contribution >= 4 is 20.6 Å². The molecule has 0 saturated heterocycles. The van der Waals surface area contributed by atoms with Crippen LogP contribution in [0.3, 0.4) is 0 Å². The number of carbonyl (C=O) groups excluding carboxylic acids is 2. The molecule has 0 aliphatic carbocycles. The first-order valence-electron chi connectivity index (χ1n) is 9.86. The third-order valence-electron chi connectivity index (χ3n) is 4.15. The van der Waals surface area contributed by atoms with E-state index in [1.807, 2.05) is 0 Å². The van der Waals surface area contributed by atoms with Gasteiger partial charge in [0.2, 0.25) is 0 Å². The maximum absolute atomic E-state index is 11.8. The van der Waals surface area contributed by atoms with Gasteiger partial charge >= 0.3 is 12.3 Å². The fraction of sp³-hybridized carbons (Fsp3) is 0.810. The van der Waals surface area contributed by atoms with Crippen molar-refractivity contribution in [1.29, 1.82) is 0 Å². The quantitative estimate of drug-likeness (QED) is 0.284. The number of rotatable bonds is 7. The maximum Gasteiger partial charge on any atom is 0.509 e. The van der Waals surface area contributed by atoms with Gasteiger partial charge in [0.15, 0.2) is 8.32 Å². The van der Waals surface area contributed by atoms with Gasteiger partial charge in [-0.3, -0.25) is 0 Å². The summed E-state index contributed by atoms with van der Waals surface area (Å²) in [4.78, 5) is 23.6. The van der Waals surface area contributed by atoms with Crippen LogP contribution < -0.4 is 0 Å². The molecule has 0 aromatic heterocycles. The van der Waals surface area contributed by atoms with E-state index in [4.69, 9.17) is 23.4 Å². The summed E-state index contributed by atoms with van der Waals surface area (Å²) in [6.45, 7) is 21.5. The molecule has 0 fully saturated rings. The first-order chi connectivity index (χ1) is 12.8. The Morgan fingerprint density at radius 3 is 1.45 bits per heavy atom. The highest BCUT2D eigenvalue weighted by Gasteiger charge is 2.36. The van der Waals surface area contributed by atoms with E-state index in [0.717, 1.165) is 0 Å². The SMILES string of the molecule is CC(C)(C)OC(=O)OCC(=CCO[Si](C)(C)C(C)(C)C)COC(=O)OC(C)(C)C. The minimum atomic E-state index is -1.93. The summed E-state index contributed by atoms with van der Waals surface area (Å²) in [7, 11) is -1.93. The molecule has 7 nitrogen and oxygen atoms in total. The van der Waals surface area contributed by atoms with Crippen LogP contribution in [-0.2, 0) is 23.4 Å². The summed E-state index contributed by atoms with van der Waals surface area (Å²) in [5, 5.41) is 0.0705. The predicted molar refractivity (Wildman–Crippen MR) is 116 cm³/mol. The second-order valence-electron chi connectivity index (χ2n) is 10.4. The Kier molecular flexibility index (Phi) is 9.92. The van der Waals surface area contributed by atoms with Crippen molar-refractivity contribution in [3.8, 4) is 0 Å². The average Bonchev–Trinajstić information content (AvgIpc) is 2.44. The van der Waals surface area contributed by atoms with E-state index in [0.29, 0.717) is 12.2 Å². The molecular formula is C21H40O7Si. The lowest BCUT2D eigenvalue weighted by Crippen LogP contribution is -2.40. The second kappa shape index (κ2) is 10.5. The molecule has 0 amide bonds. The average molecular weight is 433 g/mol. The molecule has 170 valence electrons. The molecule has 0 unspecified atom stereocenters. The van der Waals surface area contributed by atoms with Crippen LogP contribution in [0.4, 0.5) is 9.59 Å². The standard InChI is InChI=1S/C21H40O7Si/c1-19(2,3)27-17(22)24-14-16(15-25-18(23)28-20(4,5)6)12-13-26-29(10,11)21(7,8)9/h12H,13-15H2,1-11H3. The molecule has 0 radical (unpaired) electrons. The third-order valence-corrected chi connectivity index (χ3v) is 8.65. The van der Waals surface area contributed by atoms with Crippen molar-refractivity contribution in [3.05, 3.63) is 11.6 Å². The van der Waals surface area contributed by atoms with Gasteiger partial charge in [0.05, 0.1) is 6.61 Å². The largest absolute Gasteiger partial charge is 0.509 e. The minimum Gasteiger partial charge on any atom is -0.430 e. The Bertz CT molecular complexity index is 541. The normalized spacial score (nSPS) is 12.8. The van der Waals surface area contributed by atoms with Gasteiger partial charge in [-0.1, -0.05) is 26.8 Å².